The van der Waals surface area contributed by atoms with Gasteiger partial charge in [-0.15, -0.1) is 0 Å². The highest BCUT2D eigenvalue weighted by Crippen LogP contribution is 2.27. The van der Waals surface area contributed by atoms with Crippen molar-refractivity contribution < 1.29 is 10.2 Å². The van der Waals surface area contributed by atoms with Gasteiger partial charge in [-0.1, -0.05) is 13.3 Å². The van der Waals surface area contributed by atoms with Gasteiger partial charge in [-0.25, -0.2) is 0 Å². The lowest BCUT2D eigenvalue weighted by Crippen LogP contribution is -2.48. The average molecular weight is 187 g/mol. The highest BCUT2D eigenvalue weighted by molar-refractivity contribution is 4.82. The SMILES string of the molecule is CCCCC(O)NC1(O)CCCC1. The summed E-state index contributed by atoms with van der Waals surface area (Å²) in [5.41, 5.74) is -0.785. The van der Waals surface area contributed by atoms with Gasteiger partial charge in [0.25, 0.3) is 0 Å². The fourth-order valence-corrected chi connectivity index (χ4v) is 1.88. The molecule has 1 fully saturated rings. The van der Waals surface area contributed by atoms with Gasteiger partial charge in [0.05, 0.1) is 0 Å². The van der Waals surface area contributed by atoms with Crippen molar-refractivity contribution >= 4 is 0 Å². The molecule has 0 aliphatic heterocycles. The standard InChI is InChI=1S/C10H21NO2/c1-2-3-6-9(12)11-10(13)7-4-5-8-10/h9,11-13H,2-8H2,1H3. The molecule has 13 heavy (non-hydrogen) atoms. The maximum Gasteiger partial charge on any atom is 0.117 e. The molecule has 0 aromatic rings. The molecule has 78 valence electrons. The summed E-state index contributed by atoms with van der Waals surface area (Å²) in [5, 5.41) is 22.3. The van der Waals surface area contributed by atoms with Crippen LogP contribution in [0.5, 0.6) is 0 Å². The summed E-state index contributed by atoms with van der Waals surface area (Å²) < 4.78 is 0. The first-order valence-corrected chi connectivity index (χ1v) is 5.34. The van der Waals surface area contributed by atoms with Crippen LogP contribution >= 0.6 is 0 Å². The van der Waals surface area contributed by atoms with E-state index in [4.69, 9.17) is 0 Å². The molecular weight excluding hydrogens is 166 g/mol. The number of hydrogen-bond donors (Lipinski definition) is 3. The Labute approximate surface area is 80.2 Å². The molecule has 3 heteroatoms. The minimum Gasteiger partial charge on any atom is -0.379 e. The van der Waals surface area contributed by atoms with E-state index >= 15 is 0 Å². The molecule has 1 atom stereocenters. The second-order valence-electron chi connectivity index (χ2n) is 4.04. The van der Waals surface area contributed by atoms with E-state index in [1.165, 1.54) is 0 Å². The van der Waals surface area contributed by atoms with Crippen LogP contribution in [0.25, 0.3) is 0 Å². The molecular formula is C10H21NO2. The number of hydrogen-bond acceptors (Lipinski definition) is 3. The normalized spacial score (nSPS) is 23.3. The molecule has 1 unspecified atom stereocenters. The molecule has 0 heterocycles. The van der Waals surface area contributed by atoms with Gasteiger partial charge in [-0.05, 0) is 38.5 Å². The summed E-state index contributed by atoms with van der Waals surface area (Å²) in [6.07, 6.45) is 5.95. The first-order valence-electron chi connectivity index (χ1n) is 5.34. The summed E-state index contributed by atoms with van der Waals surface area (Å²) in [4.78, 5) is 0. The van der Waals surface area contributed by atoms with Crippen molar-refractivity contribution in [2.45, 2.75) is 63.8 Å². The van der Waals surface area contributed by atoms with Crippen LogP contribution in [0, 0.1) is 0 Å². The molecule has 1 aliphatic rings. The Balaban J connectivity index is 2.21. The monoisotopic (exact) mass is 187 g/mol. The molecule has 0 spiro atoms. The minimum atomic E-state index is -0.785. The lowest BCUT2D eigenvalue weighted by atomic mass is 10.1. The van der Waals surface area contributed by atoms with Gasteiger partial charge < -0.3 is 10.2 Å². The molecule has 1 aliphatic carbocycles. The molecule has 3 nitrogen and oxygen atoms in total. The third-order valence-electron chi connectivity index (χ3n) is 2.70. The van der Waals surface area contributed by atoms with Crippen LogP contribution in [0.15, 0.2) is 0 Å². The van der Waals surface area contributed by atoms with Crippen molar-refractivity contribution in [2.24, 2.45) is 0 Å². The van der Waals surface area contributed by atoms with Gasteiger partial charge in [0, 0.05) is 0 Å². The van der Waals surface area contributed by atoms with Crippen LogP contribution < -0.4 is 5.32 Å². The fraction of sp³-hybridized carbons (Fsp3) is 1.00. The summed E-state index contributed by atoms with van der Waals surface area (Å²) in [7, 11) is 0. The molecule has 0 bridgehead atoms. The quantitative estimate of drug-likeness (QED) is 0.569. The van der Waals surface area contributed by atoms with E-state index in [1.54, 1.807) is 0 Å². The Kier molecular flexibility index (Phi) is 4.16. The molecule has 0 aromatic heterocycles. The highest BCUT2D eigenvalue weighted by Gasteiger charge is 2.32. The molecule has 0 radical (unpaired) electrons. The molecule has 3 N–H and O–H groups in total. The van der Waals surface area contributed by atoms with E-state index in [2.05, 4.69) is 12.2 Å². The Morgan fingerprint density at radius 1 is 1.38 bits per heavy atom. The average Bonchev–Trinajstić information content (AvgIpc) is 2.48. The lowest BCUT2D eigenvalue weighted by Gasteiger charge is -2.27. The lowest BCUT2D eigenvalue weighted by molar-refractivity contribution is -0.0440. The summed E-state index contributed by atoms with van der Waals surface area (Å²) in [5.74, 6) is 0. The van der Waals surface area contributed by atoms with E-state index < -0.39 is 12.0 Å². The van der Waals surface area contributed by atoms with Crippen LogP contribution in [-0.4, -0.2) is 22.2 Å². The number of unbranched alkanes of at least 4 members (excludes halogenated alkanes) is 1. The zero-order valence-corrected chi connectivity index (χ0v) is 8.42. The van der Waals surface area contributed by atoms with Crippen molar-refractivity contribution in [3.63, 3.8) is 0 Å². The smallest absolute Gasteiger partial charge is 0.117 e. The first kappa shape index (κ1) is 11.0. The molecule has 0 amide bonds. The Morgan fingerprint density at radius 3 is 2.54 bits per heavy atom. The fourth-order valence-electron chi connectivity index (χ4n) is 1.88. The van der Waals surface area contributed by atoms with Crippen LogP contribution in [0.3, 0.4) is 0 Å². The highest BCUT2D eigenvalue weighted by atomic mass is 16.3. The predicted molar refractivity (Wildman–Crippen MR) is 52.1 cm³/mol. The van der Waals surface area contributed by atoms with E-state index in [0.717, 1.165) is 44.9 Å². The third-order valence-corrected chi connectivity index (χ3v) is 2.70. The van der Waals surface area contributed by atoms with E-state index in [9.17, 15) is 10.2 Å². The van der Waals surface area contributed by atoms with Crippen LogP contribution in [0.4, 0.5) is 0 Å². The maximum atomic E-state index is 9.89. The second-order valence-corrected chi connectivity index (χ2v) is 4.04. The number of aliphatic hydroxyl groups is 2. The molecule has 1 rings (SSSR count). The van der Waals surface area contributed by atoms with Crippen molar-refractivity contribution in [1.29, 1.82) is 0 Å². The summed E-state index contributed by atoms with van der Waals surface area (Å²) >= 11 is 0. The van der Waals surface area contributed by atoms with Crippen molar-refractivity contribution in [1.82, 2.24) is 5.32 Å². The van der Waals surface area contributed by atoms with E-state index in [0.29, 0.717) is 0 Å². The predicted octanol–water partition coefficient (Wildman–Crippen LogP) is 1.35. The maximum absolute atomic E-state index is 9.89. The van der Waals surface area contributed by atoms with E-state index in [1.807, 2.05) is 0 Å². The number of rotatable bonds is 5. The van der Waals surface area contributed by atoms with Crippen LogP contribution in [-0.2, 0) is 0 Å². The molecule has 1 saturated carbocycles. The van der Waals surface area contributed by atoms with E-state index in [-0.39, 0.29) is 0 Å². The summed E-state index contributed by atoms with van der Waals surface area (Å²) in [6.45, 7) is 2.09. The van der Waals surface area contributed by atoms with Gasteiger partial charge in [0.15, 0.2) is 0 Å². The third kappa shape index (κ3) is 3.63. The second kappa shape index (κ2) is 4.94. The van der Waals surface area contributed by atoms with Gasteiger partial charge in [-0.2, -0.15) is 0 Å². The van der Waals surface area contributed by atoms with Crippen LogP contribution in [0.1, 0.15) is 51.9 Å². The first-order chi connectivity index (χ1) is 6.16. The largest absolute Gasteiger partial charge is 0.379 e. The van der Waals surface area contributed by atoms with Gasteiger partial charge >= 0.3 is 0 Å². The zero-order chi connectivity index (χ0) is 9.73. The van der Waals surface area contributed by atoms with Crippen molar-refractivity contribution in [2.75, 3.05) is 0 Å². The Bertz CT molecular complexity index is 144. The number of nitrogens with one attached hydrogen (secondary N) is 1. The molecule has 0 saturated heterocycles. The van der Waals surface area contributed by atoms with Crippen molar-refractivity contribution in [3.8, 4) is 0 Å². The van der Waals surface area contributed by atoms with Crippen LogP contribution in [0.2, 0.25) is 0 Å². The van der Waals surface area contributed by atoms with Gasteiger partial charge in [0.2, 0.25) is 0 Å². The topological polar surface area (TPSA) is 52.5 Å². The van der Waals surface area contributed by atoms with Gasteiger partial charge in [0.1, 0.15) is 12.0 Å². The molecule has 0 aromatic carbocycles. The Morgan fingerprint density at radius 2 is 2.00 bits per heavy atom. The summed E-state index contributed by atoms with van der Waals surface area (Å²) in [6, 6.07) is 0. The van der Waals surface area contributed by atoms with Crippen molar-refractivity contribution in [3.05, 3.63) is 0 Å². The Hall–Kier alpha value is -0.120. The number of aliphatic hydroxyl groups excluding tert-OH is 1. The minimum absolute atomic E-state index is 0.539. The zero-order valence-electron chi connectivity index (χ0n) is 8.42. The van der Waals surface area contributed by atoms with Gasteiger partial charge in [-0.3, -0.25) is 5.32 Å².